The van der Waals surface area contributed by atoms with E-state index in [0.717, 1.165) is 6.42 Å². The van der Waals surface area contributed by atoms with E-state index in [-0.39, 0.29) is 0 Å². The second kappa shape index (κ2) is 6.41. The third kappa shape index (κ3) is 4.97. The van der Waals surface area contributed by atoms with Crippen molar-refractivity contribution in [3.63, 3.8) is 0 Å². The fourth-order valence-corrected chi connectivity index (χ4v) is 1.35. The molecule has 0 bridgehead atoms. The first kappa shape index (κ1) is 13.9. The molecule has 0 radical (unpaired) electrons. The third-order valence-electron chi connectivity index (χ3n) is 3.12. The third-order valence-corrected chi connectivity index (χ3v) is 3.12. The Morgan fingerprint density at radius 1 is 1.29 bits per heavy atom. The summed E-state index contributed by atoms with van der Waals surface area (Å²) in [7, 11) is 0. The van der Waals surface area contributed by atoms with Gasteiger partial charge in [0.2, 0.25) is 0 Å². The minimum Gasteiger partial charge on any atom is -0.389 e. The van der Waals surface area contributed by atoms with Gasteiger partial charge in [0.15, 0.2) is 0 Å². The van der Waals surface area contributed by atoms with Crippen LogP contribution in [-0.2, 0) is 0 Å². The minimum absolute atomic E-state index is 0.300. The zero-order valence-electron chi connectivity index (χ0n) is 10.4. The molecule has 2 heteroatoms. The van der Waals surface area contributed by atoms with Gasteiger partial charge in [-0.05, 0) is 25.7 Å². The SMILES string of the molecule is CCCC(CC)NCC(C)(O)C(C)C. The summed E-state index contributed by atoms with van der Waals surface area (Å²) in [5.41, 5.74) is -0.582. The van der Waals surface area contributed by atoms with Gasteiger partial charge in [-0.25, -0.2) is 0 Å². The van der Waals surface area contributed by atoms with E-state index in [1.54, 1.807) is 0 Å². The van der Waals surface area contributed by atoms with Crippen LogP contribution >= 0.6 is 0 Å². The molecule has 0 saturated carbocycles. The molecule has 0 heterocycles. The van der Waals surface area contributed by atoms with Crippen LogP contribution in [0.3, 0.4) is 0 Å². The second-order valence-corrected chi connectivity index (χ2v) is 4.79. The quantitative estimate of drug-likeness (QED) is 0.663. The van der Waals surface area contributed by atoms with Gasteiger partial charge >= 0.3 is 0 Å². The van der Waals surface area contributed by atoms with Gasteiger partial charge in [-0.3, -0.25) is 0 Å². The Morgan fingerprint density at radius 2 is 1.86 bits per heavy atom. The molecule has 0 aromatic rings. The van der Waals surface area contributed by atoms with E-state index in [2.05, 4.69) is 33.0 Å². The molecule has 0 aliphatic rings. The van der Waals surface area contributed by atoms with Crippen LogP contribution in [0.25, 0.3) is 0 Å². The van der Waals surface area contributed by atoms with Crippen LogP contribution in [0.15, 0.2) is 0 Å². The molecule has 2 nitrogen and oxygen atoms in total. The van der Waals surface area contributed by atoms with E-state index in [9.17, 15) is 5.11 Å². The molecule has 2 N–H and O–H groups in total. The molecule has 0 saturated heterocycles. The maximum absolute atomic E-state index is 10.0. The van der Waals surface area contributed by atoms with Crippen LogP contribution in [0.4, 0.5) is 0 Å². The smallest absolute Gasteiger partial charge is 0.0766 e. The Morgan fingerprint density at radius 3 is 2.21 bits per heavy atom. The molecule has 0 fully saturated rings. The molecule has 0 amide bonds. The monoisotopic (exact) mass is 201 g/mol. The zero-order chi connectivity index (χ0) is 11.2. The highest BCUT2D eigenvalue weighted by Crippen LogP contribution is 2.15. The van der Waals surface area contributed by atoms with E-state index in [0.29, 0.717) is 18.5 Å². The van der Waals surface area contributed by atoms with E-state index in [1.165, 1.54) is 12.8 Å². The highest BCUT2D eigenvalue weighted by molar-refractivity contribution is 4.80. The summed E-state index contributed by atoms with van der Waals surface area (Å²) in [6.45, 7) is 11.1. The van der Waals surface area contributed by atoms with Gasteiger partial charge in [-0.15, -0.1) is 0 Å². The van der Waals surface area contributed by atoms with Crippen molar-refractivity contribution in [1.29, 1.82) is 0 Å². The number of rotatable bonds is 7. The molecular formula is C12H27NO. The lowest BCUT2D eigenvalue weighted by atomic mass is 9.92. The highest BCUT2D eigenvalue weighted by Gasteiger charge is 2.25. The highest BCUT2D eigenvalue weighted by atomic mass is 16.3. The lowest BCUT2D eigenvalue weighted by Gasteiger charge is -2.30. The molecule has 0 rings (SSSR count). The molecule has 0 aromatic carbocycles. The van der Waals surface area contributed by atoms with Crippen molar-refractivity contribution in [2.75, 3.05) is 6.54 Å². The molecule has 0 aromatic heterocycles. The Hall–Kier alpha value is -0.0800. The lowest BCUT2D eigenvalue weighted by Crippen LogP contribution is -2.45. The minimum atomic E-state index is -0.582. The van der Waals surface area contributed by atoms with Crippen molar-refractivity contribution in [3.05, 3.63) is 0 Å². The summed E-state index contributed by atoms with van der Waals surface area (Å²) in [4.78, 5) is 0. The average molecular weight is 201 g/mol. The van der Waals surface area contributed by atoms with Crippen molar-refractivity contribution in [3.8, 4) is 0 Å². The molecule has 2 atom stereocenters. The molecule has 2 unspecified atom stereocenters. The van der Waals surface area contributed by atoms with E-state index < -0.39 is 5.60 Å². The van der Waals surface area contributed by atoms with Gasteiger partial charge in [0, 0.05) is 12.6 Å². The van der Waals surface area contributed by atoms with Gasteiger partial charge < -0.3 is 10.4 Å². The number of aliphatic hydroxyl groups is 1. The van der Waals surface area contributed by atoms with E-state index >= 15 is 0 Å². The van der Waals surface area contributed by atoms with Crippen molar-refractivity contribution >= 4 is 0 Å². The van der Waals surface area contributed by atoms with Crippen molar-refractivity contribution in [2.24, 2.45) is 5.92 Å². The molecule has 0 aliphatic carbocycles. The summed E-state index contributed by atoms with van der Waals surface area (Å²) in [5.74, 6) is 0.300. The Labute approximate surface area is 89.1 Å². The van der Waals surface area contributed by atoms with Crippen molar-refractivity contribution < 1.29 is 5.11 Å². The van der Waals surface area contributed by atoms with Crippen LogP contribution in [0.5, 0.6) is 0 Å². The van der Waals surface area contributed by atoms with Crippen LogP contribution in [0.2, 0.25) is 0 Å². The average Bonchev–Trinajstić information content (AvgIpc) is 2.12. The van der Waals surface area contributed by atoms with Crippen LogP contribution in [0, 0.1) is 5.92 Å². The summed E-state index contributed by atoms with van der Waals surface area (Å²) in [6.07, 6.45) is 3.54. The fraction of sp³-hybridized carbons (Fsp3) is 1.00. The lowest BCUT2D eigenvalue weighted by molar-refractivity contribution is 0.0114. The van der Waals surface area contributed by atoms with Gasteiger partial charge in [0.25, 0.3) is 0 Å². The summed E-state index contributed by atoms with van der Waals surface area (Å²) >= 11 is 0. The topological polar surface area (TPSA) is 32.3 Å². The number of nitrogens with one attached hydrogen (secondary N) is 1. The molecule has 86 valence electrons. The number of hydrogen-bond donors (Lipinski definition) is 2. The number of hydrogen-bond acceptors (Lipinski definition) is 2. The fourth-order valence-electron chi connectivity index (χ4n) is 1.35. The van der Waals surface area contributed by atoms with Crippen molar-refractivity contribution in [1.82, 2.24) is 5.32 Å². The standard InChI is InChI=1S/C12H27NO/c1-6-8-11(7-2)13-9-12(5,14)10(3)4/h10-11,13-14H,6-9H2,1-5H3. The zero-order valence-corrected chi connectivity index (χ0v) is 10.4. The first-order valence-corrected chi connectivity index (χ1v) is 5.89. The molecule has 14 heavy (non-hydrogen) atoms. The maximum Gasteiger partial charge on any atom is 0.0766 e. The predicted octanol–water partition coefficient (Wildman–Crippen LogP) is 2.56. The Balaban J connectivity index is 3.89. The second-order valence-electron chi connectivity index (χ2n) is 4.79. The first-order valence-electron chi connectivity index (χ1n) is 5.89. The maximum atomic E-state index is 10.0. The van der Waals surface area contributed by atoms with E-state index in [4.69, 9.17) is 0 Å². The summed E-state index contributed by atoms with van der Waals surface area (Å²) in [5, 5.41) is 13.5. The van der Waals surface area contributed by atoms with Gasteiger partial charge in [0.1, 0.15) is 0 Å². The van der Waals surface area contributed by atoms with Gasteiger partial charge in [-0.1, -0.05) is 34.1 Å². The van der Waals surface area contributed by atoms with Crippen LogP contribution < -0.4 is 5.32 Å². The van der Waals surface area contributed by atoms with Crippen LogP contribution in [-0.4, -0.2) is 23.3 Å². The van der Waals surface area contributed by atoms with E-state index in [1.807, 2.05) is 6.92 Å². The Bertz CT molecular complexity index is 143. The molecular weight excluding hydrogens is 174 g/mol. The first-order chi connectivity index (χ1) is 6.44. The van der Waals surface area contributed by atoms with Crippen molar-refractivity contribution in [2.45, 2.75) is 65.5 Å². The normalized spacial score (nSPS) is 18.2. The largest absolute Gasteiger partial charge is 0.389 e. The predicted molar refractivity (Wildman–Crippen MR) is 62.5 cm³/mol. The Kier molecular flexibility index (Phi) is 6.38. The molecule has 0 aliphatic heterocycles. The van der Waals surface area contributed by atoms with Gasteiger partial charge in [-0.2, -0.15) is 0 Å². The molecule has 0 spiro atoms. The van der Waals surface area contributed by atoms with Crippen LogP contribution in [0.1, 0.15) is 53.9 Å². The van der Waals surface area contributed by atoms with Gasteiger partial charge in [0.05, 0.1) is 5.60 Å². The summed E-state index contributed by atoms with van der Waals surface area (Å²) < 4.78 is 0. The summed E-state index contributed by atoms with van der Waals surface area (Å²) in [6, 6.07) is 0.560.